The maximum atomic E-state index is 11.0. The lowest BCUT2D eigenvalue weighted by Crippen LogP contribution is -2.29. The standard InChI is InChI=1S/C12H18N4O3/c1-7-3-4-9(5-8(7)2)19-12-10(16(17)18)11(13)14-6-15-12/h6-9H,3-5H2,1-2H3,(H2,13,14,15). The van der Waals surface area contributed by atoms with Gasteiger partial charge in [0.1, 0.15) is 12.4 Å². The van der Waals surface area contributed by atoms with Gasteiger partial charge in [-0.15, -0.1) is 0 Å². The van der Waals surface area contributed by atoms with E-state index in [1.807, 2.05) is 0 Å². The van der Waals surface area contributed by atoms with E-state index >= 15 is 0 Å². The summed E-state index contributed by atoms with van der Waals surface area (Å²) >= 11 is 0. The summed E-state index contributed by atoms with van der Waals surface area (Å²) in [6, 6.07) is 0. The fourth-order valence-electron chi connectivity index (χ4n) is 2.40. The molecule has 1 aliphatic carbocycles. The summed E-state index contributed by atoms with van der Waals surface area (Å²) in [6.45, 7) is 4.38. The summed E-state index contributed by atoms with van der Waals surface area (Å²) in [5.74, 6) is 1.01. The van der Waals surface area contributed by atoms with Crippen LogP contribution in [-0.2, 0) is 0 Å². The number of ether oxygens (including phenoxy) is 1. The third-order valence-electron chi connectivity index (χ3n) is 3.83. The first-order chi connectivity index (χ1) is 8.99. The van der Waals surface area contributed by atoms with Crippen molar-refractivity contribution in [3.05, 3.63) is 16.4 Å². The Hall–Kier alpha value is -1.92. The van der Waals surface area contributed by atoms with Crippen LogP contribution >= 0.6 is 0 Å². The summed E-state index contributed by atoms with van der Waals surface area (Å²) in [7, 11) is 0. The number of anilines is 1. The van der Waals surface area contributed by atoms with Gasteiger partial charge in [0.2, 0.25) is 5.82 Å². The lowest BCUT2D eigenvalue weighted by molar-refractivity contribution is -0.385. The predicted octanol–water partition coefficient (Wildman–Crippen LogP) is 2.17. The largest absolute Gasteiger partial charge is 0.469 e. The third kappa shape index (κ3) is 2.91. The van der Waals surface area contributed by atoms with E-state index < -0.39 is 4.92 Å². The van der Waals surface area contributed by atoms with Gasteiger partial charge in [-0.25, -0.2) is 4.98 Å². The molecule has 0 aliphatic heterocycles. The molecule has 7 nitrogen and oxygen atoms in total. The molecule has 0 spiro atoms. The van der Waals surface area contributed by atoms with E-state index in [9.17, 15) is 10.1 Å². The molecule has 1 heterocycles. The fraction of sp³-hybridized carbons (Fsp3) is 0.667. The first kappa shape index (κ1) is 13.5. The van der Waals surface area contributed by atoms with Gasteiger partial charge in [0.15, 0.2) is 0 Å². The van der Waals surface area contributed by atoms with Gasteiger partial charge in [-0.2, -0.15) is 4.98 Å². The Labute approximate surface area is 111 Å². The van der Waals surface area contributed by atoms with Crippen LogP contribution in [0.5, 0.6) is 5.88 Å². The zero-order valence-corrected chi connectivity index (χ0v) is 11.1. The molecule has 7 heteroatoms. The summed E-state index contributed by atoms with van der Waals surface area (Å²) < 4.78 is 5.67. The van der Waals surface area contributed by atoms with Crippen molar-refractivity contribution in [2.75, 3.05) is 5.73 Å². The fourth-order valence-corrected chi connectivity index (χ4v) is 2.40. The minimum atomic E-state index is -0.598. The van der Waals surface area contributed by atoms with Crippen molar-refractivity contribution in [2.24, 2.45) is 11.8 Å². The predicted molar refractivity (Wildman–Crippen MR) is 69.7 cm³/mol. The second-order valence-electron chi connectivity index (χ2n) is 5.18. The highest BCUT2D eigenvalue weighted by atomic mass is 16.6. The molecule has 3 atom stereocenters. The van der Waals surface area contributed by atoms with Gasteiger partial charge in [0.25, 0.3) is 5.88 Å². The molecule has 1 aliphatic rings. The van der Waals surface area contributed by atoms with Gasteiger partial charge in [-0.05, 0) is 31.1 Å². The van der Waals surface area contributed by atoms with E-state index in [4.69, 9.17) is 10.5 Å². The van der Waals surface area contributed by atoms with E-state index in [-0.39, 0.29) is 23.5 Å². The van der Waals surface area contributed by atoms with Crippen molar-refractivity contribution in [1.82, 2.24) is 9.97 Å². The molecule has 0 bridgehead atoms. The Bertz CT molecular complexity index is 480. The molecule has 2 rings (SSSR count). The Kier molecular flexibility index (Phi) is 3.82. The molecule has 1 fully saturated rings. The maximum absolute atomic E-state index is 11.0. The highest BCUT2D eigenvalue weighted by Gasteiger charge is 2.29. The van der Waals surface area contributed by atoms with Crippen molar-refractivity contribution < 1.29 is 9.66 Å². The molecule has 0 radical (unpaired) electrons. The second-order valence-corrected chi connectivity index (χ2v) is 5.18. The van der Waals surface area contributed by atoms with E-state index in [0.717, 1.165) is 19.3 Å². The molecule has 104 valence electrons. The normalized spacial score (nSPS) is 26.9. The van der Waals surface area contributed by atoms with Crippen molar-refractivity contribution in [3.63, 3.8) is 0 Å². The SMILES string of the molecule is CC1CCC(Oc2ncnc(N)c2[N+](=O)[O-])CC1C. The molecule has 0 aromatic carbocycles. The molecule has 0 amide bonds. The number of nitro groups is 1. The lowest BCUT2D eigenvalue weighted by atomic mass is 9.80. The second kappa shape index (κ2) is 5.38. The number of hydrogen-bond donors (Lipinski definition) is 1. The first-order valence-corrected chi connectivity index (χ1v) is 6.40. The smallest absolute Gasteiger partial charge is 0.372 e. The minimum absolute atomic E-state index is 0.0238. The van der Waals surface area contributed by atoms with Gasteiger partial charge in [0.05, 0.1) is 4.92 Å². The molecule has 1 aromatic heterocycles. The number of nitrogens with two attached hydrogens (primary N) is 1. The zero-order chi connectivity index (χ0) is 14.0. The molecular weight excluding hydrogens is 248 g/mol. The molecular formula is C12H18N4O3. The lowest BCUT2D eigenvalue weighted by Gasteiger charge is -2.31. The molecule has 19 heavy (non-hydrogen) atoms. The number of nitrogen functional groups attached to an aromatic ring is 1. The molecule has 3 unspecified atom stereocenters. The van der Waals surface area contributed by atoms with Crippen LogP contribution in [0.15, 0.2) is 6.33 Å². The van der Waals surface area contributed by atoms with E-state index in [2.05, 4.69) is 23.8 Å². The van der Waals surface area contributed by atoms with Crippen LogP contribution in [0.1, 0.15) is 33.1 Å². The van der Waals surface area contributed by atoms with E-state index in [1.165, 1.54) is 6.33 Å². The Morgan fingerprint density at radius 3 is 2.74 bits per heavy atom. The van der Waals surface area contributed by atoms with Crippen molar-refractivity contribution in [3.8, 4) is 5.88 Å². The van der Waals surface area contributed by atoms with Crippen LogP contribution in [0.2, 0.25) is 0 Å². The third-order valence-corrected chi connectivity index (χ3v) is 3.83. The Morgan fingerprint density at radius 2 is 2.11 bits per heavy atom. The minimum Gasteiger partial charge on any atom is -0.469 e. The van der Waals surface area contributed by atoms with Crippen LogP contribution in [0.4, 0.5) is 11.5 Å². The van der Waals surface area contributed by atoms with Crippen LogP contribution in [0, 0.1) is 22.0 Å². The van der Waals surface area contributed by atoms with Gasteiger partial charge in [0, 0.05) is 0 Å². The Balaban J connectivity index is 2.15. The summed E-state index contributed by atoms with van der Waals surface area (Å²) in [5, 5.41) is 11.0. The summed E-state index contributed by atoms with van der Waals surface area (Å²) in [6.07, 6.45) is 3.96. The average Bonchev–Trinajstić information content (AvgIpc) is 2.33. The molecule has 1 saturated carbocycles. The highest BCUT2D eigenvalue weighted by Crippen LogP contribution is 2.35. The number of nitrogens with zero attached hydrogens (tertiary/aromatic N) is 3. The number of aromatic nitrogens is 2. The van der Waals surface area contributed by atoms with Crippen molar-refractivity contribution in [2.45, 2.75) is 39.2 Å². The van der Waals surface area contributed by atoms with Crippen LogP contribution in [-0.4, -0.2) is 21.0 Å². The molecule has 0 saturated heterocycles. The zero-order valence-electron chi connectivity index (χ0n) is 11.1. The topological polar surface area (TPSA) is 104 Å². The van der Waals surface area contributed by atoms with Crippen LogP contribution in [0.3, 0.4) is 0 Å². The molecule has 1 aromatic rings. The maximum Gasteiger partial charge on any atom is 0.372 e. The van der Waals surface area contributed by atoms with E-state index in [1.54, 1.807) is 0 Å². The van der Waals surface area contributed by atoms with Crippen molar-refractivity contribution >= 4 is 11.5 Å². The summed E-state index contributed by atoms with van der Waals surface area (Å²) in [5.41, 5.74) is 5.16. The van der Waals surface area contributed by atoms with Crippen LogP contribution in [0.25, 0.3) is 0 Å². The quantitative estimate of drug-likeness (QED) is 0.664. The first-order valence-electron chi connectivity index (χ1n) is 6.40. The van der Waals surface area contributed by atoms with Gasteiger partial charge < -0.3 is 10.5 Å². The van der Waals surface area contributed by atoms with E-state index in [0.29, 0.717) is 11.8 Å². The monoisotopic (exact) mass is 266 g/mol. The van der Waals surface area contributed by atoms with Gasteiger partial charge in [-0.1, -0.05) is 13.8 Å². The summed E-state index contributed by atoms with van der Waals surface area (Å²) in [4.78, 5) is 17.8. The van der Waals surface area contributed by atoms with Crippen LogP contribution < -0.4 is 10.5 Å². The average molecular weight is 266 g/mol. The Morgan fingerprint density at radius 1 is 1.37 bits per heavy atom. The number of rotatable bonds is 3. The van der Waals surface area contributed by atoms with Gasteiger partial charge >= 0.3 is 5.69 Å². The molecule has 2 N–H and O–H groups in total. The number of hydrogen-bond acceptors (Lipinski definition) is 6. The van der Waals surface area contributed by atoms with Gasteiger partial charge in [-0.3, -0.25) is 10.1 Å². The van der Waals surface area contributed by atoms with Crippen molar-refractivity contribution in [1.29, 1.82) is 0 Å². The highest BCUT2D eigenvalue weighted by molar-refractivity contribution is 5.57.